The maximum Gasteiger partial charge on any atom is 0.261 e. The SMILES string of the molecule is CCc1ccc(S(=O)(=O)Nc2ccc3oc4c(c3c2)CC[C@@H](C)C4)cc1. The number of anilines is 1. The topological polar surface area (TPSA) is 59.3 Å². The zero-order valence-electron chi connectivity index (χ0n) is 15.1. The van der Waals surface area contributed by atoms with E-state index in [1.807, 2.05) is 31.2 Å². The molecule has 1 aliphatic rings. The van der Waals surface area contributed by atoms with Crippen molar-refractivity contribution in [1.82, 2.24) is 0 Å². The normalized spacial score (nSPS) is 17.2. The summed E-state index contributed by atoms with van der Waals surface area (Å²) in [4.78, 5) is 0.276. The highest BCUT2D eigenvalue weighted by Gasteiger charge is 2.22. The zero-order valence-corrected chi connectivity index (χ0v) is 15.9. The fourth-order valence-electron chi connectivity index (χ4n) is 3.63. The molecule has 0 bridgehead atoms. The van der Waals surface area contributed by atoms with Gasteiger partial charge < -0.3 is 4.42 Å². The quantitative estimate of drug-likeness (QED) is 0.710. The Labute approximate surface area is 154 Å². The van der Waals surface area contributed by atoms with Crippen LogP contribution in [0.2, 0.25) is 0 Å². The van der Waals surface area contributed by atoms with Crippen LogP contribution in [0.15, 0.2) is 51.8 Å². The molecule has 4 nitrogen and oxygen atoms in total. The monoisotopic (exact) mass is 369 g/mol. The van der Waals surface area contributed by atoms with E-state index in [0.29, 0.717) is 11.6 Å². The Bertz CT molecular complexity index is 1050. The lowest BCUT2D eigenvalue weighted by Crippen LogP contribution is -2.13. The Hall–Kier alpha value is -2.27. The summed E-state index contributed by atoms with van der Waals surface area (Å²) in [6.07, 6.45) is 3.96. The molecule has 3 aromatic rings. The molecule has 1 aliphatic carbocycles. The first-order valence-corrected chi connectivity index (χ1v) is 10.6. The number of nitrogens with one attached hydrogen (secondary N) is 1. The number of hydrogen-bond acceptors (Lipinski definition) is 3. The molecule has 136 valence electrons. The molecular formula is C21H23NO3S. The van der Waals surface area contributed by atoms with Gasteiger partial charge in [0.05, 0.1) is 4.90 Å². The second kappa shape index (κ2) is 6.47. The fraction of sp³-hybridized carbons (Fsp3) is 0.333. The predicted octanol–water partition coefficient (Wildman–Crippen LogP) is 4.92. The van der Waals surface area contributed by atoms with Gasteiger partial charge in [0.2, 0.25) is 0 Å². The van der Waals surface area contributed by atoms with Crippen molar-refractivity contribution in [2.75, 3.05) is 4.72 Å². The van der Waals surface area contributed by atoms with Crippen LogP contribution in [-0.4, -0.2) is 8.42 Å². The van der Waals surface area contributed by atoms with E-state index in [0.717, 1.165) is 48.0 Å². The molecule has 1 atom stereocenters. The summed E-state index contributed by atoms with van der Waals surface area (Å²) < 4.78 is 34.0. The first-order chi connectivity index (χ1) is 12.5. The van der Waals surface area contributed by atoms with Crippen LogP contribution < -0.4 is 4.72 Å². The fourth-order valence-corrected chi connectivity index (χ4v) is 4.68. The van der Waals surface area contributed by atoms with Crippen LogP contribution in [0.1, 0.15) is 37.2 Å². The number of rotatable bonds is 4. The lowest BCUT2D eigenvalue weighted by atomic mass is 9.88. The van der Waals surface area contributed by atoms with Crippen LogP contribution in [0.5, 0.6) is 0 Å². The van der Waals surface area contributed by atoms with E-state index in [-0.39, 0.29) is 4.90 Å². The molecule has 0 saturated carbocycles. The van der Waals surface area contributed by atoms with Gasteiger partial charge in [-0.25, -0.2) is 8.42 Å². The summed E-state index contributed by atoms with van der Waals surface area (Å²) in [6, 6.07) is 12.5. The Morgan fingerprint density at radius 2 is 1.92 bits per heavy atom. The summed E-state index contributed by atoms with van der Waals surface area (Å²) in [7, 11) is -3.60. The number of furan rings is 1. The van der Waals surface area contributed by atoms with Gasteiger partial charge in [0.15, 0.2) is 0 Å². The smallest absolute Gasteiger partial charge is 0.261 e. The third-order valence-electron chi connectivity index (χ3n) is 5.19. The van der Waals surface area contributed by atoms with E-state index in [9.17, 15) is 8.42 Å². The molecule has 2 aromatic carbocycles. The van der Waals surface area contributed by atoms with Gasteiger partial charge in [0.25, 0.3) is 10.0 Å². The molecule has 0 amide bonds. The number of hydrogen-bond donors (Lipinski definition) is 1. The third kappa shape index (κ3) is 3.12. The summed E-state index contributed by atoms with van der Waals surface area (Å²) in [6.45, 7) is 4.28. The Kier molecular flexibility index (Phi) is 4.27. The molecular weight excluding hydrogens is 346 g/mol. The molecule has 5 heteroatoms. The van der Waals surface area contributed by atoms with Gasteiger partial charge in [0, 0.05) is 23.1 Å². The van der Waals surface area contributed by atoms with Crippen molar-refractivity contribution in [2.24, 2.45) is 5.92 Å². The van der Waals surface area contributed by atoms with Crippen molar-refractivity contribution in [3.63, 3.8) is 0 Å². The summed E-state index contributed by atoms with van der Waals surface area (Å²) in [5, 5.41) is 1.02. The second-order valence-electron chi connectivity index (χ2n) is 7.17. The van der Waals surface area contributed by atoms with Crippen LogP contribution in [0.3, 0.4) is 0 Å². The van der Waals surface area contributed by atoms with Gasteiger partial charge in [-0.15, -0.1) is 0 Å². The predicted molar refractivity (Wildman–Crippen MR) is 104 cm³/mol. The average molecular weight is 369 g/mol. The minimum atomic E-state index is -3.60. The first-order valence-electron chi connectivity index (χ1n) is 9.12. The van der Waals surface area contributed by atoms with Crippen LogP contribution in [0.4, 0.5) is 5.69 Å². The molecule has 1 heterocycles. The lowest BCUT2D eigenvalue weighted by molar-refractivity contribution is 0.426. The number of benzene rings is 2. The second-order valence-corrected chi connectivity index (χ2v) is 8.85. The van der Waals surface area contributed by atoms with Gasteiger partial charge in [-0.3, -0.25) is 4.72 Å². The van der Waals surface area contributed by atoms with Crippen molar-refractivity contribution < 1.29 is 12.8 Å². The van der Waals surface area contributed by atoms with Gasteiger partial charge in [0.1, 0.15) is 11.3 Å². The molecule has 0 radical (unpaired) electrons. The molecule has 1 N–H and O–H groups in total. The highest BCUT2D eigenvalue weighted by Crippen LogP contribution is 2.35. The maximum absolute atomic E-state index is 12.7. The third-order valence-corrected chi connectivity index (χ3v) is 6.59. The van der Waals surface area contributed by atoms with E-state index >= 15 is 0 Å². The molecule has 0 spiro atoms. The van der Waals surface area contributed by atoms with Crippen LogP contribution in [-0.2, 0) is 29.3 Å². The van der Waals surface area contributed by atoms with E-state index in [2.05, 4.69) is 11.6 Å². The molecule has 0 fully saturated rings. The van der Waals surface area contributed by atoms with Crippen molar-refractivity contribution in [1.29, 1.82) is 0 Å². The molecule has 0 saturated heterocycles. The Morgan fingerprint density at radius 3 is 2.65 bits per heavy atom. The molecule has 0 aliphatic heterocycles. The van der Waals surface area contributed by atoms with Crippen molar-refractivity contribution >= 4 is 26.7 Å². The average Bonchev–Trinajstić information content (AvgIpc) is 2.98. The summed E-state index contributed by atoms with van der Waals surface area (Å²) in [5.74, 6) is 1.68. The summed E-state index contributed by atoms with van der Waals surface area (Å²) in [5.41, 5.74) is 3.75. The van der Waals surface area contributed by atoms with Gasteiger partial charge in [-0.2, -0.15) is 0 Å². The van der Waals surface area contributed by atoms with Crippen molar-refractivity contribution in [3.05, 3.63) is 59.4 Å². The first kappa shape index (κ1) is 17.2. The minimum absolute atomic E-state index is 0.276. The number of aryl methyl sites for hydroxylation is 2. The van der Waals surface area contributed by atoms with E-state index < -0.39 is 10.0 Å². The van der Waals surface area contributed by atoms with E-state index in [1.54, 1.807) is 18.2 Å². The Morgan fingerprint density at radius 1 is 1.15 bits per heavy atom. The van der Waals surface area contributed by atoms with E-state index in [4.69, 9.17) is 4.42 Å². The number of fused-ring (bicyclic) bond motifs is 3. The minimum Gasteiger partial charge on any atom is -0.461 e. The largest absolute Gasteiger partial charge is 0.461 e. The maximum atomic E-state index is 12.7. The standard InChI is InChI=1S/C21H23NO3S/c1-3-15-5-8-17(9-6-15)26(23,24)22-16-7-11-20-19(13-16)18-10-4-14(2)12-21(18)25-20/h5-9,11,13-14,22H,3-4,10,12H2,1-2H3/t14-/m1/s1. The van der Waals surface area contributed by atoms with Crippen molar-refractivity contribution in [3.8, 4) is 0 Å². The lowest BCUT2D eigenvalue weighted by Gasteiger charge is -2.16. The van der Waals surface area contributed by atoms with Crippen LogP contribution >= 0.6 is 0 Å². The highest BCUT2D eigenvalue weighted by atomic mass is 32.2. The molecule has 4 rings (SSSR count). The van der Waals surface area contributed by atoms with Gasteiger partial charge in [-0.05, 0) is 61.1 Å². The molecule has 0 unspecified atom stereocenters. The Balaban J connectivity index is 1.66. The summed E-state index contributed by atoms with van der Waals surface area (Å²) >= 11 is 0. The zero-order chi connectivity index (χ0) is 18.3. The number of sulfonamides is 1. The molecule has 26 heavy (non-hydrogen) atoms. The van der Waals surface area contributed by atoms with Crippen molar-refractivity contribution in [2.45, 2.75) is 44.4 Å². The van der Waals surface area contributed by atoms with E-state index in [1.165, 1.54) is 5.56 Å². The van der Waals surface area contributed by atoms with Crippen LogP contribution in [0, 0.1) is 5.92 Å². The highest BCUT2D eigenvalue weighted by molar-refractivity contribution is 7.92. The molecule has 1 aromatic heterocycles. The van der Waals surface area contributed by atoms with Crippen LogP contribution in [0.25, 0.3) is 11.0 Å². The van der Waals surface area contributed by atoms with Gasteiger partial charge in [-0.1, -0.05) is 26.0 Å². The van der Waals surface area contributed by atoms with Gasteiger partial charge >= 0.3 is 0 Å².